The minimum absolute atomic E-state index is 0.335. The van der Waals surface area contributed by atoms with Crippen LogP contribution in [0.25, 0.3) is 0 Å². The first-order valence-corrected chi connectivity index (χ1v) is 10.3. The summed E-state index contributed by atoms with van der Waals surface area (Å²) in [7, 11) is 2.18. The van der Waals surface area contributed by atoms with Crippen LogP contribution in [0.3, 0.4) is 0 Å². The van der Waals surface area contributed by atoms with Crippen molar-refractivity contribution in [3.63, 3.8) is 0 Å². The Balaban J connectivity index is 1.39. The van der Waals surface area contributed by atoms with Crippen molar-refractivity contribution < 1.29 is 0 Å². The van der Waals surface area contributed by atoms with Crippen molar-refractivity contribution in [3.8, 4) is 0 Å². The summed E-state index contributed by atoms with van der Waals surface area (Å²) in [5.41, 5.74) is 1.68. The summed E-state index contributed by atoms with van der Waals surface area (Å²) in [5, 5.41) is 10.3. The molecule has 4 aliphatic carbocycles. The summed E-state index contributed by atoms with van der Waals surface area (Å²) in [4.78, 5) is 0. The second-order valence-corrected chi connectivity index (χ2v) is 9.28. The van der Waals surface area contributed by atoms with Crippen LogP contribution in [-0.2, 0) is 18.2 Å². The Labute approximate surface area is 148 Å². The van der Waals surface area contributed by atoms with Crippen LogP contribution in [0.15, 0.2) is 35.5 Å². The molecule has 2 aromatic rings. The number of thioether (sulfide) groups is 1. The summed E-state index contributed by atoms with van der Waals surface area (Å²) in [5.74, 6) is 5.10. The lowest BCUT2D eigenvalue weighted by molar-refractivity contribution is -0.0109. The van der Waals surface area contributed by atoms with Crippen LogP contribution in [0, 0.1) is 17.8 Å². The molecule has 0 saturated heterocycles. The van der Waals surface area contributed by atoms with Gasteiger partial charge in [-0.3, -0.25) is 0 Å². The zero-order valence-corrected chi connectivity index (χ0v) is 15.1. The molecule has 0 aliphatic heterocycles. The molecule has 0 spiro atoms. The highest BCUT2D eigenvalue weighted by atomic mass is 32.2. The van der Waals surface area contributed by atoms with E-state index in [-0.39, 0.29) is 0 Å². The van der Waals surface area contributed by atoms with Gasteiger partial charge in [0, 0.05) is 18.2 Å². The van der Waals surface area contributed by atoms with Gasteiger partial charge in [-0.25, -0.2) is 0 Å². The van der Waals surface area contributed by atoms with E-state index in [9.17, 15) is 0 Å². The molecule has 126 valence electrons. The van der Waals surface area contributed by atoms with E-state index in [1.165, 1.54) is 49.9 Å². The van der Waals surface area contributed by atoms with Crippen molar-refractivity contribution in [1.29, 1.82) is 0 Å². The molecular formula is C20H25N3S. The second kappa shape index (κ2) is 5.62. The lowest BCUT2D eigenvalue weighted by atomic mass is 9.49. The molecule has 0 atom stereocenters. The Morgan fingerprint density at radius 2 is 1.62 bits per heavy atom. The van der Waals surface area contributed by atoms with Crippen LogP contribution in [0.2, 0.25) is 0 Å². The SMILES string of the molecule is Cn1c(SCc2ccccc2)nnc1C12CC3CC(CC(C3)C1)C2. The largest absolute Gasteiger partial charge is 0.309 e. The van der Waals surface area contributed by atoms with Gasteiger partial charge in [0.15, 0.2) is 5.16 Å². The Bertz CT molecular complexity index is 701. The van der Waals surface area contributed by atoms with Crippen LogP contribution in [0.5, 0.6) is 0 Å². The van der Waals surface area contributed by atoms with E-state index in [0.29, 0.717) is 5.41 Å². The van der Waals surface area contributed by atoms with E-state index in [0.717, 1.165) is 28.7 Å². The number of rotatable bonds is 4. The molecule has 4 aliphatic rings. The summed E-state index contributed by atoms with van der Waals surface area (Å²) < 4.78 is 2.31. The van der Waals surface area contributed by atoms with E-state index in [2.05, 4.69) is 47.0 Å². The van der Waals surface area contributed by atoms with Crippen molar-refractivity contribution in [2.24, 2.45) is 24.8 Å². The van der Waals surface area contributed by atoms with Gasteiger partial charge in [-0.2, -0.15) is 0 Å². The lowest BCUT2D eigenvalue weighted by Crippen LogP contribution is -2.49. The number of benzene rings is 1. The number of aromatic nitrogens is 3. The summed E-state index contributed by atoms with van der Waals surface area (Å²) >= 11 is 1.81. The molecule has 4 heteroatoms. The Morgan fingerprint density at radius 3 is 2.25 bits per heavy atom. The van der Waals surface area contributed by atoms with Gasteiger partial charge >= 0.3 is 0 Å². The summed E-state index contributed by atoms with van der Waals surface area (Å²) in [6, 6.07) is 10.6. The maximum atomic E-state index is 4.71. The van der Waals surface area contributed by atoms with Gasteiger partial charge in [0.05, 0.1) is 0 Å². The fourth-order valence-electron chi connectivity index (χ4n) is 6.01. The number of hydrogen-bond acceptors (Lipinski definition) is 3. The molecule has 0 N–H and O–H groups in total. The number of nitrogens with zero attached hydrogens (tertiary/aromatic N) is 3. The highest BCUT2D eigenvalue weighted by molar-refractivity contribution is 7.98. The third kappa shape index (κ3) is 2.42. The highest BCUT2D eigenvalue weighted by Crippen LogP contribution is 2.60. The molecule has 3 nitrogen and oxygen atoms in total. The molecule has 4 saturated carbocycles. The smallest absolute Gasteiger partial charge is 0.191 e. The van der Waals surface area contributed by atoms with Gasteiger partial charge in [0.25, 0.3) is 0 Å². The van der Waals surface area contributed by atoms with Crippen molar-refractivity contribution in [3.05, 3.63) is 41.7 Å². The molecule has 6 rings (SSSR count). The van der Waals surface area contributed by atoms with Crippen molar-refractivity contribution in [2.45, 2.75) is 54.8 Å². The maximum Gasteiger partial charge on any atom is 0.191 e. The van der Waals surface area contributed by atoms with E-state index < -0.39 is 0 Å². The van der Waals surface area contributed by atoms with Crippen LogP contribution in [0.4, 0.5) is 0 Å². The van der Waals surface area contributed by atoms with Crippen LogP contribution >= 0.6 is 11.8 Å². The zero-order valence-electron chi connectivity index (χ0n) is 14.3. The van der Waals surface area contributed by atoms with Gasteiger partial charge in [-0.15, -0.1) is 10.2 Å². The standard InChI is InChI=1S/C20H25N3S/c1-23-18(20-10-15-7-16(11-20)9-17(8-15)12-20)21-22-19(23)24-13-14-5-3-2-4-6-14/h2-6,15-17H,7-13H2,1H3. The third-order valence-corrected chi connectivity index (χ3v) is 7.65. The zero-order chi connectivity index (χ0) is 16.1. The first kappa shape index (κ1) is 15.0. The summed E-state index contributed by atoms with van der Waals surface area (Å²) in [6.07, 6.45) is 8.50. The molecule has 0 amide bonds. The second-order valence-electron chi connectivity index (χ2n) is 8.34. The van der Waals surface area contributed by atoms with Crippen LogP contribution in [-0.4, -0.2) is 14.8 Å². The van der Waals surface area contributed by atoms with Gasteiger partial charge in [0.1, 0.15) is 5.82 Å². The third-order valence-electron chi connectivity index (χ3n) is 6.56. The first-order valence-electron chi connectivity index (χ1n) is 9.28. The Hall–Kier alpha value is -1.29. The van der Waals surface area contributed by atoms with E-state index in [1.807, 2.05) is 11.8 Å². The maximum absolute atomic E-state index is 4.71. The topological polar surface area (TPSA) is 30.7 Å². The summed E-state index contributed by atoms with van der Waals surface area (Å²) in [6.45, 7) is 0. The average molecular weight is 340 g/mol. The normalized spacial score (nSPS) is 34.0. The predicted octanol–water partition coefficient (Wildman–Crippen LogP) is 4.58. The van der Waals surface area contributed by atoms with Crippen LogP contribution in [0.1, 0.15) is 49.9 Å². The Morgan fingerprint density at radius 1 is 1.00 bits per heavy atom. The molecule has 0 unspecified atom stereocenters. The predicted molar refractivity (Wildman–Crippen MR) is 96.9 cm³/mol. The van der Waals surface area contributed by atoms with Crippen molar-refractivity contribution in [2.75, 3.05) is 0 Å². The van der Waals surface area contributed by atoms with Gasteiger partial charge in [0.2, 0.25) is 0 Å². The minimum Gasteiger partial charge on any atom is -0.309 e. The first-order chi connectivity index (χ1) is 11.7. The molecule has 1 heterocycles. The quantitative estimate of drug-likeness (QED) is 0.764. The number of hydrogen-bond donors (Lipinski definition) is 0. The lowest BCUT2D eigenvalue weighted by Gasteiger charge is -2.56. The molecule has 4 bridgehead atoms. The molecule has 24 heavy (non-hydrogen) atoms. The highest BCUT2D eigenvalue weighted by Gasteiger charge is 2.53. The van der Waals surface area contributed by atoms with E-state index in [1.54, 1.807) is 0 Å². The fraction of sp³-hybridized carbons (Fsp3) is 0.600. The molecular weight excluding hydrogens is 314 g/mol. The minimum atomic E-state index is 0.335. The fourth-order valence-corrected chi connectivity index (χ4v) is 6.88. The van der Waals surface area contributed by atoms with Gasteiger partial charge in [-0.1, -0.05) is 42.1 Å². The van der Waals surface area contributed by atoms with Crippen molar-refractivity contribution in [1.82, 2.24) is 14.8 Å². The van der Waals surface area contributed by atoms with Gasteiger partial charge < -0.3 is 4.57 Å². The van der Waals surface area contributed by atoms with E-state index in [4.69, 9.17) is 5.10 Å². The van der Waals surface area contributed by atoms with Crippen LogP contribution < -0.4 is 0 Å². The van der Waals surface area contributed by atoms with Crippen molar-refractivity contribution >= 4 is 11.8 Å². The average Bonchev–Trinajstić information content (AvgIpc) is 2.94. The van der Waals surface area contributed by atoms with E-state index >= 15 is 0 Å². The monoisotopic (exact) mass is 339 g/mol. The Kier molecular flexibility index (Phi) is 3.51. The molecule has 0 radical (unpaired) electrons. The molecule has 1 aromatic carbocycles. The molecule has 4 fully saturated rings. The van der Waals surface area contributed by atoms with Gasteiger partial charge in [-0.05, 0) is 61.8 Å². The molecule has 1 aromatic heterocycles.